The average Bonchev–Trinajstić information content (AvgIpc) is 3.04. The van der Waals surface area contributed by atoms with Gasteiger partial charge in [-0.05, 0) is 24.3 Å². The number of rotatable bonds is 3. The topological polar surface area (TPSA) is 85.4 Å². The summed E-state index contributed by atoms with van der Waals surface area (Å²) in [6.45, 7) is 0.306. The van der Waals surface area contributed by atoms with E-state index in [-0.39, 0.29) is 17.4 Å². The first kappa shape index (κ1) is 15.5. The van der Waals surface area contributed by atoms with Crippen molar-refractivity contribution >= 4 is 16.9 Å². The van der Waals surface area contributed by atoms with Gasteiger partial charge in [-0.25, -0.2) is 14.2 Å². The maximum atomic E-state index is 14.4. The van der Waals surface area contributed by atoms with E-state index < -0.39 is 11.8 Å². The van der Waals surface area contributed by atoms with E-state index in [1.807, 2.05) is 0 Å². The van der Waals surface area contributed by atoms with Gasteiger partial charge in [0.05, 0.1) is 16.8 Å². The second kappa shape index (κ2) is 5.82. The number of pyridine rings is 1. The van der Waals surface area contributed by atoms with Crippen molar-refractivity contribution in [1.29, 1.82) is 0 Å². The highest BCUT2D eigenvalue weighted by molar-refractivity contribution is 6.03. The summed E-state index contributed by atoms with van der Waals surface area (Å²) in [4.78, 5) is 16.1. The van der Waals surface area contributed by atoms with Crippen molar-refractivity contribution in [3.8, 4) is 17.0 Å². The second-order valence-electron chi connectivity index (χ2n) is 6.00. The van der Waals surface area contributed by atoms with Crippen LogP contribution in [0.1, 0.15) is 15.9 Å². The highest BCUT2D eigenvalue weighted by Crippen LogP contribution is 2.36. The molecule has 25 heavy (non-hydrogen) atoms. The molecule has 0 fully saturated rings. The van der Waals surface area contributed by atoms with Gasteiger partial charge in [0.25, 0.3) is 0 Å². The zero-order chi connectivity index (χ0) is 17.6. The van der Waals surface area contributed by atoms with Gasteiger partial charge in [0, 0.05) is 29.5 Å². The Labute approximate surface area is 142 Å². The Balaban J connectivity index is 1.89. The van der Waals surface area contributed by atoms with Crippen molar-refractivity contribution in [3.05, 3.63) is 59.4 Å². The number of aromatic nitrogens is 1. The van der Waals surface area contributed by atoms with Crippen LogP contribution < -0.4 is 10.5 Å². The van der Waals surface area contributed by atoms with E-state index >= 15 is 0 Å². The van der Waals surface area contributed by atoms with Crippen LogP contribution in [0.2, 0.25) is 0 Å². The molecule has 0 amide bonds. The largest absolute Gasteiger partial charge is 0.485 e. The molecule has 1 aromatic heterocycles. The van der Waals surface area contributed by atoms with Crippen LogP contribution in [0.4, 0.5) is 4.39 Å². The van der Waals surface area contributed by atoms with Crippen LogP contribution in [0.15, 0.2) is 42.5 Å². The zero-order valence-corrected chi connectivity index (χ0v) is 13.2. The molecule has 0 aliphatic carbocycles. The summed E-state index contributed by atoms with van der Waals surface area (Å²) in [5.74, 6) is -1.32. The highest BCUT2D eigenvalue weighted by Gasteiger charge is 2.26. The number of benzene rings is 2. The molecule has 3 N–H and O–H groups in total. The Morgan fingerprint density at radius 1 is 1.32 bits per heavy atom. The molecular formula is C19H15FN2O3. The third-order valence-electron chi connectivity index (χ3n) is 4.36. The van der Waals surface area contributed by atoms with Gasteiger partial charge >= 0.3 is 5.97 Å². The number of carboxylic acid groups (broad SMARTS) is 1. The molecule has 0 saturated heterocycles. The quantitative estimate of drug-likeness (QED) is 0.767. The normalized spacial score (nSPS) is 15.8. The second-order valence-corrected chi connectivity index (χ2v) is 6.00. The molecule has 5 nitrogen and oxygen atoms in total. The Bertz CT molecular complexity index is 1000. The number of carboxylic acids is 1. The lowest BCUT2D eigenvalue weighted by molar-refractivity contribution is 0.0699. The Hall–Kier alpha value is -2.99. The van der Waals surface area contributed by atoms with Gasteiger partial charge in [0.1, 0.15) is 6.10 Å². The fraction of sp³-hybridized carbons (Fsp3) is 0.158. The fourth-order valence-corrected chi connectivity index (χ4v) is 3.17. The first-order chi connectivity index (χ1) is 12.1. The maximum absolute atomic E-state index is 14.4. The van der Waals surface area contributed by atoms with Crippen molar-refractivity contribution in [1.82, 2.24) is 4.98 Å². The molecule has 3 aromatic rings. The summed E-state index contributed by atoms with van der Waals surface area (Å²) < 4.78 is 19.9. The van der Waals surface area contributed by atoms with E-state index in [2.05, 4.69) is 4.98 Å². The van der Waals surface area contributed by atoms with Crippen molar-refractivity contribution in [3.63, 3.8) is 0 Å². The standard InChI is InChI=1S/C19H15FN2O3/c20-15-7-10(5-11-6-12(9-21)25-18(11)15)17-8-14(19(23)24)13-3-1-2-4-16(13)22-17/h1-5,7-8,12H,6,9,21H2,(H,23,24). The predicted molar refractivity (Wildman–Crippen MR) is 91.3 cm³/mol. The Kier molecular flexibility index (Phi) is 3.62. The van der Waals surface area contributed by atoms with Crippen LogP contribution in [0.5, 0.6) is 5.75 Å². The number of hydrogen-bond donors (Lipinski definition) is 2. The Morgan fingerprint density at radius 3 is 2.88 bits per heavy atom. The number of hydrogen-bond acceptors (Lipinski definition) is 4. The molecular weight excluding hydrogens is 323 g/mol. The summed E-state index contributed by atoms with van der Waals surface area (Å²) in [6, 6.07) is 11.6. The lowest BCUT2D eigenvalue weighted by Gasteiger charge is -2.09. The van der Waals surface area contributed by atoms with Crippen molar-refractivity contribution in [2.45, 2.75) is 12.5 Å². The van der Waals surface area contributed by atoms with Crippen molar-refractivity contribution < 1.29 is 19.0 Å². The number of para-hydroxylation sites is 1. The highest BCUT2D eigenvalue weighted by atomic mass is 19.1. The van der Waals surface area contributed by atoms with Gasteiger partial charge in [0.15, 0.2) is 11.6 Å². The minimum atomic E-state index is -1.05. The molecule has 2 heterocycles. The maximum Gasteiger partial charge on any atom is 0.336 e. The fourth-order valence-electron chi connectivity index (χ4n) is 3.17. The lowest BCUT2D eigenvalue weighted by atomic mass is 10.0. The van der Waals surface area contributed by atoms with Gasteiger partial charge in [-0.3, -0.25) is 0 Å². The van der Waals surface area contributed by atoms with Crippen molar-refractivity contribution in [2.24, 2.45) is 5.73 Å². The van der Waals surface area contributed by atoms with Crippen LogP contribution in [-0.4, -0.2) is 28.7 Å². The smallest absolute Gasteiger partial charge is 0.336 e. The average molecular weight is 338 g/mol. The van der Waals surface area contributed by atoms with E-state index in [1.54, 1.807) is 30.3 Å². The van der Waals surface area contributed by atoms with Crippen LogP contribution >= 0.6 is 0 Å². The first-order valence-corrected chi connectivity index (χ1v) is 7.89. The van der Waals surface area contributed by atoms with Gasteiger partial charge < -0.3 is 15.6 Å². The molecule has 2 aromatic carbocycles. The molecule has 1 atom stereocenters. The van der Waals surface area contributed by atoms with Gasteiger partial charge in [-0.1, -0.05) is 18.2 Å². The number of nitrogens with zero attached hydrogens (tertiary/aromatic N) is 1. The van der Waals surface area contributed by atoms with Crippen LogP contribution in [0.3, 0.4) is 0 Å². The van der Waals surface area contributed by atoms with Crippen molar-refractivity contribution in [2.75, 3.05) is 6.54 Å². The summed E-state index contributed by atoms with van der Waals surface area (Å²) in [6.07, 6.45) is 0.287. The van der Waals surface area contributed by atoms with Gasteiger partial charge in [-0.2, -0.15) is 0 Å². The SMILES string of the molecule is NCC1Cc2cc(-c3cc(C(=O)O)c4ccccc4n3)cc(F)c2O1. The molecule has 0 spiro atoms. The van der Waals surface area contributed by atoms with E-state index in [0.717, 1.165) is 5.56 Å². The van der Waals surface area contributed by atoms with E-state index in [1.165, 1.54) is 12.1 Å². The molecule has 6 heteroatoms. The van der Waals surface area contributed by atoms with Crippen LogP contribution in [0, 0.1) is 5.82 Å². The number of carbonyl (C=O) groups is 1. The number of fused-ring (bicyclic) bond motifs is 2. The monoisotopic (exact) mass is 338 g/mol. The number of ether oxygens (including phenoxy) is 1. The molecule has 1 unspecified atom stereocenters. The van der Waals surface area contributed by atoms with E-state index in [0.29, 0.717) is 35.1 Å². The molecule has 1 aliphatic rings. The number of aromatic carboxylic acids is 1. The molecule has 0 saturated carbocycles. The summed E-state index contributed by atoms with van der Waals surface area (Å²) in [5, 5.41) is 10.0. The van der Waals surface area contributed by atoms with E-state index in [9.17, 15) is 14.3 Å². The first-order valence-electron chi connectivity index (χ1n) is 7.89. The Morgan fingerprint density at radius 2 is 2.12 bits per heavy atom. The zero-order valence-electron chi connectivity index (χ0n) is 13.2. The number of halogens is 1. The summed E-state index contributed by atoms with van der Waals surface area (Å²) >= 11 is 0. The molecule has 126 valence electrons. The van der Waals surface area contributed by atoms with Crippen LogP contribution in [-0.2, 0) is 6.42 Å². The molecule has 0 bridgehead atoms. The third kappa shape index (κ3) is 2.60. The number of nitrogens with two attached hydrogens (primary N) is 1. The van der Waals surface area contributed by atoms with Crippen LogP contribution in [0.25, 0.3) is 22.2 Å². The van der Waals surface area contributed by atoms with E-state index in [4.69, 9.17) is 10.5 Å². The summed E-state index contributed by atoms with van der Waals surface area (Å²) in [5.41, 5.74) is 7.94. The van der Waals surface area contributed by atoms with Gasteiger partial charge in [-0.15, -0.1) is 0 Å². The third-order valence-corrected chi connectivity index (χ3v) is 4.36. The molecule has 0 radical (unpaired) electrons. The molecule has 1 aliphatic heterocycles. The minimum absolute atomic E-state index is 0.137. The predicted octanol–water partition coefficient (Wildman–Crippen LogP) is 3.00. The molecule has 4 rings (SSSR count). The van der Waals surface area contributed by atoms with Gasteiger partial charge in [0.2, 0.25) is 0 Å². The lowest BCUT2D eigenvalue weighted by Crippen LogP contribution is -2.24. The summed E-state index contributed by atoms with van der Waals surface area (Å²) in [7, 11) is 0. The minimum Gasteiger partial charge on any atom is -0.485 e.